The van der Waals surface area contributed by atoms with E-state index in [-0.39, 0.29) is 12.6 Å². The molecule has 1 aromatic rings. The first-order valence-electron chi connectivity index (χ1n) is 5.31. The second-order valence-corrected chi connectivity index (χ2v) is 3.68. The average molecular weight is 251 g/mol. The number of aromatic nitrogens is 2. The monoisotopic (exact) mass is 251 g/mol. The van der Waals surface area contributed by atoms with Gasteiger partial charge in [-0.25, -0.2) is 4.98 Å². The molecule has 1 rings (SSSR count). The van der Waals surface area contributed by atoms with Crippen molar-refractivity contribution >= 4 is 0 Å². The van der Waals surface area contributed by atoms with Crippen LogP contribution >= 0.6 is 0 Å². The predicted octanol–water partition coefficient (Wildman–Crippen LogP) is 1.51. The Hall–Kier alpha value is -1.08. The molecular formula is C10H16F3N3O. The second-order valence-electron chi connectivity index (χ2n) is 3.68. The molecule has 0 aromatic carbocycles. The van der Waals surface area contributed by atoms with Crippen molar-refractivity contribution in [3.05, 3.63) is 18.2 Å². The number of nitrogens with zero attached hydrogens (tertiary/aromatic N) is 1. The van der Waals surface area contributed by atoms with E-state index in [1.807, 2.05) is 0 Å². The summed E-state index contributed by atoms with van der Waals surface area (Å²) < 4.78 is 40.0. The molecule has 0 spiro atoms. The van der Waals surface area contributed by atoms with Gasteiger partial charge in [0.2, 0.25) is 0 Å². The van der Waals surface area contributed by atoms with Crippen LogP contribution in [-0.2, 0) is 11.2 Å². The van der Waals surface area contributed by atoms with Crippen molar-refractivity contribution in [2.24, 2.45) is 0 Å². The van der Waals surface area contributed by atoms with Crippen molar-refractivity contribution in [1.82, 2.24) is 15.3 Å². The smallest absolute Gasteiger partial charge is 0.372 e. The Bertz CT molecular complexity index is 300. The standard InChI is InChI=1S/C10H16F3N3O/c1-14-8(6-9-15-3-4-16-9)2-5-17-7-10(11,12)13/h3-4,8,14H,2,5-7H2,1H3,(H,15,16). The molecule has 1 heterocycles. The maximum atomic E-state index is 11.8. The summed E-state index contributed by atoms with van der Waals surface area (Å²) in [7, 11) is 1.76. The summed E-state index contributed by atoms with van der Waals surface area (Å²) in [5, 5.41) is 3.02. The quantitative estimate of drug-likeness (QED) is 0.722. The van der Waals surface area contributed by atoms with Crippen LogP contribution in [-0.4, -0.2) is 42.4 Å². The topological polar surface area (TPSA) is 49.9 Å². The van der Waals surface area contributed by atoms with Crippen LogP contribution in [0.4, 0.5) is 13.2 Å². The highest BCUT2D eigenvalue weighted by atomic mass is 19.4. The van der Waals surface area contributed by atoms with Gasteiger partial charge in [-0.15, -0.1) is 0 Å². The average Bonchev–Trinajstić information content (AvgIpc) is 2.73. The lowest BCUT2D eigenvalue weighted by molar-refractivity contribution is -0.174. The van der Waals surface area contributed by atoms with Crippen LogP contribution in [0.2, 0.25) is 0 Å². The van der Waals surface area contributed by atoms with E-state index in [4.69, 9.17) is 0 Å². The minimum atomic E-state index is -4.25. The Morgan fingerprint density at radius 3 is 2.82 bits per heavy atom. The SMILES string of the molecule is CNC(CCOCC(F)(F)F)Cc1ncc[nH]1. The van der Waals surface area contributed by atoms with Gasteiger partial charge in [-0.1, -0.05) is 0 Å². The first-order valence-corrected chi connectivity index (χ1v) is 5.31. The second kappa shape index (κ2) is 6.61. The number of likely N-dealkylation sites (N-methyl/N-ethyl adjacent to an activating group) is 1. The van der Waals surface area contributed by atoms with Crippen LogP contribution in [0.3, 0.4) is 0 Å². The van der Waals surface area contributed by atoms with E-state index in [0.717, 1.165) is 5.82 Å². The molecule has 0 bridgehead atoms. The Labute approximate surface area is 97.6 Å². The first-order chi connectivity index (χ1) is 8.01. The minimum absolute atomic E-state index is 0.0504. The van der Waals surface area contributed by atoms with Gasteiger partial charge in [-0.2, -0.15) is 13.2 Å². The Morgan fingerprint density at radius 1 is 1.53 bits per heavy atom. The van der Waals surface area contributed by atoms with E-state index in [9.17, 15) is 13.2 Å². The zero-order chi connectivity index (χ0) is 12.7. The highest BCUT2D eigenvalue weighted by Crippen LogP contribution is 2.14. The van der Waals surface area contributed by atoms with Crippen molar-refractivity contribution < 1.29 is 17.9 Å². The molecule has 0 radical (unpaired) electrons. The molecule has 98 valence electrons. The fraction of sp³-hybridized carbons (Fsp3) is 0.700. The molecule has 0 aliphatic carbocycles. The van der Waals surface area contributed by atoms with E-state index in [1.54, 1.807) is 19.4 Å². The highest BCUT2D eigenvalue weighted by molar-refractivity contribution is 4.90. The third kappa shape index (κ3) is 6.28. The lowest BCUT2D eigenvalue weighted by atomic mass is 10.1. The number of hydrogen-bond donors (Lipinski definition) is 2. The molecule has 0 aliphatic rings. The van der Waals surface area contributed by atoms with Crippen molar-refractivity contribution in [2.75, 3.05) is 20.3 Å². The summed E-state index contributed by atoms with van der Waals surface area (Å²) in [6.45, 7) is -1.12. The summed E-state index contributed by atoms with van der Waals surface area (Å²) in [5.74, 6) is 0.806. The van der Waals surface area contributed by atoms with Crippen LogP contribution in [0.25, 0.3) is 0 Å². The molecule has 1 unspecified atom stereocenters. The summed E-state index contributed by atoms with van der Waals surface area (Å²) >= 11 is 0. The lowest BCUT2D eigenvalue weighted by Gasteiger charge is -2.15. The van der Waals surface area contributed by atoms with Crippen LogP contribution in [0.5, 0.6) is 0 Å². The van der Waals surface area contributed by atoms with Crippen molar-refractivity contribution in [2.45, 2.75) is 25.1 Å². The highest BCUT2D eigenvalue weighted by Gasteiger charge is 2.27. The molecular weight excluding hydrogens is 235 g/mol. The van der Waals surface area contributed by atoms with Gasteiger partial charge < -0.3 is 15.0 Å². The van der Waals surface area contributed by atoms with Gasteiger partial charge in [0.15, 0.2) is 0 Å². The number of alkyl halides is 3. The van der Waals surface area contributed by atoms with Gasteiger partial charge in [0.25, 0.3) is 0 Å². The molecule has 1 aromatic heterocycles. The molecule has 0 amide bonds. The fourth-order valence-electron chi connectivity index (χ4n) is 1.40. The third-order valence-electron chi connectivity index (χ3n) is 2.28. The third-order valence-corrected chi connectivity index (χ3v) is 2.28. The molecule has 0 saturated carbocycles. The number of rotatable bonds is 7. The van der Waals surface area contributed by atoms with E-state index in [0.29, 0.717) is 12.8 Å². The van der Waals surface area contributed by atoms with Gasteiger partial charge >= 0.3 is 6.18 Å². The fourth-order valence-corrected chi connectivity index (χ4v) is 1.40. The summed E-state index contributed by atoms with van der Waals surface area (Å²) in [5.41, 5.74) is 0. The number of aromatic amines is 1. The molecule has 1 atom stereocenters. The van der Waals surface area contributed by atoms with Gasteiger partial charge in [0.1, 0.15) is 12.4 Å². The Morgan fingerprint density at radius 2 is 2.29 bits per heavy atom. The number of H-pyrrole nitrogens is 1. The van der Waals surface area contributed by atoms with Crippen LogP contribution in [0.1, 0.15) is 12.2 Å². The number of nitrogens with one attached hydrogen (secondary N) is 2. The maximum absolute atomic E-state index is 11.8. The molecule has 0 fully saturated rings. The minimum Gasteiger partial charge on any atom is -0.372 e. The largest absolute Gasteiger partial charge is 0.411 e. The maximum Gasteiger partial charge on any atom is 0.411 e. The number of hydrogen-bond acceptors (Lipinski definition) is 3. The zero-order valence-corrected chi connectivity index (χ0v) is 9.55. The Kier molecular flexibility index (Phi) is 5.43. The molecule has 17 heavy (non-hydrogen) atoms. The van der Waals surface area contributed by atoms with Gasteiger partial charge in [-0.05, 0) is 13.5 Å². The van der Waals surface area contributed by atoms with Crippen LogP contribution < -0.4 is 5.32 Å². The zero-order valence-electron chi connectivity index (χ0n) is 9.55. The van der Waals surface area contributed by atoms with Crippen molar-refractivity contribution in [3.8, 4) is 0 Å². The number of ether oxygens (including phenoxy) is 1. The lowest BCUT2D eigenvalue weighted by Crippen LogP contribution is -2.30. The van der Waals surface area contributed by atoms with Gasteiger partial charge in [-0.3, -0.25) is 0 Å². The van der Waals surface area contributed by atoms with Gasteiger partial charge in [0, 0.05) is 31.5 Å². The van der Waals surface area contributed by atoms with E-state index in [2.05, 4.69) is 20.0 Å². The number of halogens is 3. The molecule has 0 saturated heterocycles. The molecule has 4 nitrogen and oxygen atoms in total. The predicted molar refractivity (Wildman–Crippen MR) is 56.6 cm³/mol. The molecule has 2 N–H and O–H groups in total. The van der Waals surface area contributed by atoms with E-state index >= 15 is 0 Å². The number of imidazole rings is 1. The first kappa shape index (κ1) is 14.0. The van der Waals surface area contributed by atoms with E-state index in [1.165, 1.54) is 0 Å². The molecule has 7 heteroatoms. The normalized spacial score (nSPS) is 13.9. The van der Waals surface area contributed by atoms with Crippen LogP contribution in [0, 0.1) is 0 Å². The van der Waals surface area contributed by atoms with Crippen molar-refractivity contribution in [3.63, 3.8) is 0 Å². The summed E-state index contributed by atoms with van der Waals surface area (Å²) in [6.07, 6.45) is 0.243. The van der Waals surface area contributed by atoms with Crippen molar-refractivity contribution in [1.29, 1.82) is 0 Å². The van der Waals surface area contributed by atoms with E-state index < -0.39 is 12.8 Å². The molecule has 0 aliphatic heterocycles. The Balaban J connectivity index is 2.19. The summed E-state index contributed by atoms with van der Waals surface area (Å²) in [6, 6.07) is 0.0504. The summed E-state index contributed by atoms with van der Waals surface area (Å²) in [4.78, 5) is 7.00. The van der Waals surface area contributed by atoms with Crippen LogP contribution in [0.15, 0.2) is 12.4 Å². The van der Waals surface area contributed by atoms with Gasteiger partial charge in [0.05, 0.1) is 0 Å².